The molecule has 1 N–H and O–H groups in total. The lowest BCUT2D eigenvalue weighted by Gasteiger charge is -2.31. The van der Waals surface area contributed by atoms with Gasteiger partial charge in [-0.2, -0.15) is 5.10 Å². The van der Waals surface area contributed by atoms with Gasteiger partial charge in [0.2, 0.25) is 0 Å². The third kappa shape index (κ3) is 3.43. The smallest absolute Gasteiger partial charge is 0.162 e. The van der Waals surface area contributed by atoms with Gasteiger partial charge < -0.3 is 5.32 Å². The van der Waals surface area contributed by atoms with Crippen molar-refractivity contribution >= 4 is 18.1 Å². The lowest BCUT2D eigenvalue weighted by atomic mass is 10.1. The average molecular weight is 344 g/mol. The summed E-state index contributed by atoms with van der Waals surface area (Å²) in [5.41, 5.74) is 4.34. The van der Waals surface area contributed by atoms with Crippen molar-refractivity contribution in [3.63, 3.8) is 0 Å². The molecule has 1 fully saturated rings. The van der Waals surface area contributed by atoms with Crippen LogP contribution in [-0.2, 0) is 6.54 Å². The minimum atomic E-state index is 0. The van der Waals surface area contributed by atoms with E-state index in [2.05, 4.69) is 45.6 Å². The van der Waals surface area contributed by atoms with Crippen molar-refractivity contribution in [3.8, 4) is 11.1 Å². The Balaban J connectivity index is 0.00000169. The van der Waals surface area contributed by atoms with Gasteiger partial charge in [0.1, 0.15) is 0 Å². The van der Waals surface area contributed by atoms with Gasteiger partial charge in [0, 0.05) is 55.7 Å². The number of hydrogen-bond acceptors (Lipinski definition) is 4. The standard InChI is InChI=1S/C18H21N5.ClH/c1-14-11-22(8-7-19-14)12-15-9-20-18-17(10-21-23(18)13-15)16-5-3-2-4-6-16;/h2-6,9-10,13-14,19H,7-8,11-12H2,1H3;1H. The Morgan fingerprint density at radius 1 is 1.21 bits per heavy atom. The molecule has 2 aromatic heterocycles. The molecule has 126 valence electrons. The number of aromatic nitrogens is 3. The zero-order chi connectivity index (χ0) is 15.6. The summed E-state index contributed by atoms with van der Waals surface area (Å²) in [6.07, 6.45) is 5.98. The highest BCUT2D eigenvalue weighted by Crippen LogP contribution is 2.23. The highest BCUT2D eigenvalue weighted by atomic mass is 35.5. The number of nitrogens with zero attached hydrogens (tertiary/aromatic N) is 4. The molecular weight excluding hydrogens is 322 g/mol. The van der Waals surface area contributed by atoms with E-state index in [0.29, 0.717) is 6.04 Å². The fourth-order valence-electron chi connectivity index (χ4n) is 3.23. The lowest BCUT2D eigenvalue weighted by molar-refractivity contribution is 0.199. The Morgan fingerprint density at radius 3 is 2.83 bits per heavy atom. The fraction of sp³-hybridized carbons (Fsp3) is 0.333. The fourth-order valence-corrected chi connectivity index (χ4v) is 3.23. The second-order valence-corrected chi connectivity index (χ2v) is 6.24. The van der Waals surface area contributed by atoms with Gasteiger partial charge in [-0.05, 0) is 12.5 Å². The third-order valence-electron chi connectivity index (χ3n) is 4.35. The quantitative estimate of drug-likeness (QED) is 0.794. The van der Waals surface area contributed by atoms with E-state index in [0.717, 1.165) is 43.0 Å². The molecule has 1 aromatic carbocycles. The van der Waals surface area contributed by atoms with Crippen LogP contribution in [0.3, 0.4) is 0 Å². The predicted octanol–water partition coefficient (Wildman–Crippen LogP) is 2.61. The van der Waals surface area contributed by atoms with Gasteiger partial charge in [-0.15, -0.1) is 12.4 Å². The summed E-state index contributed by atoms with van der Waals surface area (Å²) in [7, 11) is 0. The van der Waals surface area contributed by atoms with Crippen LogP contribution in [0.2, 0.25) is 0 Å². The van der Waals surface area contributed by atoms with E-state index >= 15 is 0 Å². The molecule has 0 spiro atoms. The van der Waals surface area contributed by atoms with Gasteiger partial charge in [0.25, 0.3) is 0 Å². The van der Waals surface area contributed by atoms with Gasteiger partial charge in [-0.3, -0.25) is 4.90 Å². The maximum absolute atomic E-state index is 4.66. The summed E-state index contributed by atoms with van der Waals surface area (Å²) < 4.78 is 1.89. The number of hydrogen-bond donors (Lipinski definition) is 1. The van der Waals surface area contributed by atoms with Crippen LogP contribution < -0.4 is 5.32 Å². The van der Waals surface area contributed by atoms with Crippen molar-refractivity contribution in [1.29, 1.82) is 0 Å². The molecule has 6 heteroatoms. The number of rotatable bonds is 3. The maximum Gasteiger partial charge on any atom is 0.162 e. The van der Waals surface area contributed by atoms with Gasteiger partial charge >= 0.3 is 0 Å². The Bertz CT molecular complexity index is 802. The molecule has 1 aliphatic rings. The van der Waals surface area contributed by atoms with Crippen LogP contribution >= 0.6 is 12.4 Å². The molecule has 0 bridgehead atoms. The second-order valence-electron chi connectivity index (χ2n) is 6.24. The van der Waals surface area contributed by atoms with E-state index in [1.165, 1.54) is 5.56 Å². The number of piperazine rings is 1. The summed E-state index contributed by atoms with van der Waals surface area (Å²) in [4.78, 5) is 7.12. The van der Waals surface area contributed by atoms with Crippen LogP contribution in [0.25, 0.3) is 16.8 Å². The minimum Gasteiger partial charge on any atom is -0.312 e. The van der Waals surface area contributed by atoms with E-state index < -0.39 is 0 Å². The van der Waals surface area contributed by atoms with Crippen LogP contribution in [0.1, 0.15) is 12.5 Å². The topological polar surface area (TPSA) is 45.5 Å². The molecule has 0 amide bonds. The molecule has 3 aromatic rings. The summed E-state index contributed by atoms with van der Waals surface area (Å²) in [6.45, 7) is 6.36. The Kier molecular flexibility index (Phi) is 5.14. The van der Waals surface area contributed by atoms with Gasteiger partial charge in [0.05, 0.1) is 6.20 Å². The molecule has 0 radical (unpaired) electrons. The van der Waals surface area contributed by atoms with Crippen molar-refractivity contribution in [2.75, 3.05) is 19.6 Å². The summed E-state index contributed by atoms with van der Waals surface area (Å²) in [5, 5.41) is 7.96. The first-order valence-corrected chi connectivity index (χ1v) is 8.13. The molecule has 4 rings (SSSR count). The van der Waals surface area contributed by atoms with Crippen LogP contribution in [-0.4, -0.2) is 45.2 Å². The van der Waals surface area contributed by atoms with E-state index in [-0.39, 0.29) is 12.4 Å². The normalized spacial score (nSPS) is 18.5. The average Bonchev–Trinajstić information content (AvgIpc) is 2.99. The molecule has 1 atom stereocenters. The van der Waals surface area contributed by atoms with Crippen molar-refractivity contribution in [1.82, 2.24) is 24.8 Å². The van der Waals surface area contributed by atoms with Crippen molar-refractivity contribution < 1.29 is 0 Å². The van der Waals surface area contributed by atoms with Crippen molar-refractivity contribution in [2.45, 2.75) is 19.5 Å². The van der Waals surface area contributed by atoms with Crippen LogP contribution in [0.4, 0.5) is 0 Å². The molecular formula is C18H22ClN5. The number of fused-ring (bicyclic) bond motifs is 1. The number of benzene rings is 1. The molecule has 0 saturated carbocycles. The molecule has 24 heavy (non-hydrogen) atoms. The van der Waals surface area contributed by atoms with Crippen molar-refractivity contribution in [2.24, 2.45) is 0 Å². The van der Waals surface area contributed by atoms with Gasteiger partial charge in [-0.1, -0.05) is 30.3 Å². The van der Waals surface area contributed by atoms with Gasteiger partial charge in [0.15, 0.2) is 5.65 Å². The third-order valence-corrected chi connectivity index (χ3v) is 4.35. The Hall–Kier alpha value is -1.95. The summed E-state index contributed by atoms with van der Waals surface area (Å²) >= 11 is 0. The highest BCUT2D eigenvalue weighted by molar-refractivity contribution is 5.85. The monoisotopic (exact) mass is 343 g/mol. The molecule has 5 nitrogen and oxygen atoms in total. The first kappa shape index (κ1) is 16.9. The van der Waals surface area contributed by atoms with E-state index in [1.807, 2.05) is 35.1 Å². The SMILES string of the molecule is CC1CN(Cc2cnc3c(-c4ccccc4)cnn3c2)CCN1.Cl. The first-order chi connectivity index (χ1) is 11.3. The predicted molar refractivity (Wildman–Crippen MR) is 98.4 cm³/mol. The Labute approximate surface area is 148 Å². The zero-order valence-corrected chi connectivity index (χ0v) is 14.5. The molecule has 0 aliphatic carbocycles. The second kappa shape index (κ2) is 7.30. The molecule has 3 heterocycles. The number of halogens is 1. The van der Waals surface area contributed by atoms with Crippen LogP contribution in [0.5, 0.6) is 0 Å². The van der Waals surface area contributed by atoms with Crippen molar-refractivity contribution in [3.05, 3.63) is 54.5 Å². The van der Waals surface area contributed by atoms with Gasteiger partial charge in [-0.25, -0.2) is 9.50 Å². The first-order valence-electron chi connectivity index (χ1n) is 8.13. The highest BCUT2D eigenvalue weighted by Gasteiger charge is 2.16. The van der Waals surface area contributed by atoms with E-state index in [4.69, 9.17) is 0 Å². The van der Waals surface area contributed by atoms with Crippen LogP contribution in [0.15, 0.2) is 48.9 Å². The minimum absolute atomic E-state index is 0. The molecule has 1 aliphatic heterocycles. The van der Waals surface area contributed by atoms with Crippen LogP contribution in [0, 0.1) is 0 Å². The zero-order valence-electron chi connectivity index (χ0n) is 13.7. The van der Waals surface area contributed by atoms with E-state index in [9.17, 15) is 0 Å². The number of nitrogens with one attached hydrogen (secondary N) is 1. The summed E-state index contributed by atoms with van der Waals surface area (Å²) in [5.74, 6) is 0. The van der Waals surface area contributed by atoms with E-state index in [1.54, 1.807) is 0 Å². The Morgan fingerprint density at radius 2 is 2.04 bits per heavy atom. The maximum atomic E-state index is 4.66. The lowest BCUT2D eigenvalue weighted by Crippen LogP contribution is -2.48. The molecule has 1 unspecified atom stereocenters. The largest absolute Gasteiger partial charge is 0.312 e. The molecule has 1 saturated heterocycles. The summed E-state index contributed by atoms with van der Waals surface area (Å²) in [6, 6.07) is 10.8.